The molecule has 0 saturated heterocycles. The normalized spacial score (nSPS) is 16.4. The number of benzene rings is 2. The number of hydrogen-bond donors (Lipinski definition) is 1. The number of alkyl halides is 3. The third-order valence-corrected chi connectivity index (χ3v) is 4.85. The number of ether oxygens (including phenoxy) is 2. The monoisotopic (exact) mass is 431 g/mol. The average Bonchev–Trinajstić information content (AvgIpc) is 2.86. The first-order valence-corrected chi connectivity index (χ1v) is 9.67. The fourth-order valence-corrected chi connectivity index (χ4v) is 3.45. The Morgan fingerprint density at radius 1 is 1.16 bits per heavy atom. The van der Waals surface area contributed by atoms with Gasteiger partial charge in [-0.15, -0.1) is 13.2 Å². The lowest BCUT2D eigenvalue weighted by molar-refractivity contribution is -0.274. The quantitative estimate of drug-likeness (QED) is 0.795. The summed E-state index contributed by atoms with van der Waals surface area (Å²) in [6, 6.07) is 10.7. The zero-order valence-corrected chi connectivity index (χ0v) is 16.7. The Morgan fingerprint density at radius 3 is 2.61 bits per heavy atom. The van der Waals surface area contributed by atoms with Crippen molar-refractivity contribution in [3.8, 4) is 22.6 Å². The Hall–Kier alpha value is -3.49. The minimum Gasteiger partial charge on any atom is -0.491 e. The van der Waals surface area contributed by atoms with Gasteiger partial charge in [-0.05, 0) is 42.3 Å². The molecule has 6 nitrogen and oxygen atoms in total. The molecule has 0 spiro atoms. The third-order valence-electron chi connectivity index (χ3n) is 4.85. The van der Waals surface area contributed by atoms with Gasteiger partial charge < -0.3 is 19.7 Å². The maximum Gasteiger partial charge on any atom is 0.573 e. The second kappa shape index (κ2) is 8.33. The fourth-order valence-electron chi connectivity index (χ4n) is 3.45. The van der Waals surface area contributed by atoms with Crippen LogP contribution in [0, 0.1) is 0 Å². The molecule has 2 aromatic carbocycles. The van der Waals surface area contributed by atoms with Crippen LogP contribution in [0.15, 0.2) is 59.4 Å². The summed E-state index contributed by atoms with van der Waals surface area (Å²) in [5.41, 5.74) is 3.44. The van der Waals surface area contributed by atoms with Crippen LogP contribution in [-0.4, -0.2) is 49.1 Å². The Bertz CT molecular complexity index is 1050. The van der Waals surface area contributed by atoms with E-state index in [1.807, 2.05) is 6.92 Å². The highest BCUT2D eigenvalue weighted by atomic mass is 19.4. The van der Waals surface area contributed by atoms with E-state index in [9.17, 15) is 18.0 Å². The number of fused-ring (bicyclic) bond motifs is 1. The molecule has 1 amide bonds. The third kappa shape index (κ3) is 4.99. The predicted molar refractivity (Wildman–Crippen MR) is 109 cm³/mol. The van der Waals surface area contributed by atoms with E-state index < -0.39 is 6.36 Å². The summed E-state index contributed by atoms with van der Waals surface area (Å²) in [5.74, 6) is -0.0174. The molecule has 2 aliphatic rings. The summed E-state index contributed by atoms with van der Waals surface area (Å²) in [6.07, 6.45) is -2.95. The minimum absolute atomic E-state index is 0.189. The lowest BCUT2D eigenvalue weighted by atomic mass is 10.0. The molecular formula is C22H20F3N3O3. The van der Waals surface area contributed by atoms with Crippen LogP contribution < -0.4 is 14.8 Å². The van der Waals surface area contributed by atoms with Crippen molar-refractivity contribution in [2.45, 2.75) is 13.3 Å². The van der Waals surface area contributed by atoms with Crippen LogP contribution in [0.1, 0.15) is 17.3 Å². The number of nitrogens with one attached hydrogen (secondary N) is 1. The van der Waals surface area contributed by atoms with Crippen molar-refractivity contribution in [3.05, 3.63) is 59.9 Å². The van der Waals surface area contributed by atoms with Gasteiger partial charge in [-0.1, -0.05) is 18.2 Å². The van der Waals surface area contributed by atoms with Gasteiger partial charge in [0.1, 0.15) is 18.1 Å². The molecule has 0 fully saturated rings. The molecule has 9 heteroatoms. The molecule has 0 saturated carbocycles. The van der Waals surface area contributed by atoms with E-state index in [1.54, 1.807) is 29.3 Å². The molecule has 2 aliphatic heterocycles. The molecule has 162 valence electrons. The molecule has 2 aromatic rings. The van der Waals surface area contributed by atoms with Gasteiger partial charge >= 0.3 is 6.36 Å². The highest BCUT2D eigenvalue weighted by molar-refractivity contribution is 5.98. The van der Waals surface area contributed by atoms with Crippen LogP contribution in [-0.2, 0) is 0 Å². The van der Waals surface area contributed by atoms with E-state index in [4.69, 9.17) is 4.74 Å². The maximum atomic E-state index is 13.2. The molecule has 0 radical (unpaired) electrons. The molecule has 0 aliphatic carbocycles. The van der Waals surface area contributed by atoms with Crippen LogP contribution in [0.4, 0.5) is 13.2 Å². The summed E-state index contributed by atoms with van der Waals surface area (Å²) in [6.45, 7) is 3.71. The van der Waals surface area contributed by atoms with E-state index in [-0.39, 0.29) is 11.7 Å². The van der Waals surface area contributed by atoms with E-state index in [0.717, 1.165) is 11.4 Å². The lowest BCUT2D eigenvalue weighted by Crippen LogP contribution is -2.35. The molecule has 1 N–H and O–H groups in total. The molecular weight excluding hydrogens is 411 g/mol. The van der Waals surface area contributed by atoms with Gasteiger partial charge in [0, 0.05) is 11.9 Å². The van der Waals surface area contributed by atoms with Crippen molar-refractivity contribution >= 4 is 11.6 Å². The van der Waals surface area contributed by atoms with Gasteiger partial charge in [-0.2, -0.15) is 0 Å². The Balaban J connectivity index is 1.57. The number of rotatable bonds is 4. The van der Waals surface area contributed by atoms with Crippen LogP contribution in [0.3, 0.4) is 0 Å². The Labute approximate surface area is 177 Å². The first kappa shape index (κ1) is 20.8. The molecule has 0 aromatic heterocycles. The number of nitrogens with zero attached hydrogens (tertiary/aromatic N) is 2. The van der Waals surface area contributed by atoms with Gasteiger partial charge in [-0.3, -0.25) is 9.79 Å². The topological polar surface area (TPSA) is 63.2 Å². The van der Waals surface area contributed by atoms with Gasteiger partial charge in [0.05, 0.1) is 30.9 Å². The number of hydrogen-bond acceptors (Lipinski definition) is 5. The summed E-state index contributed by atoms with van der Waals surface area (Å²) in [4.78, 5) is 19.3. The molecule has 2 heterocycles. The van der Waals surface area contributed by atoms with Crippen molar-refractivity contribution in [2.24, 2.45) is 4.99 Å². The van der Waals surface area contributed by atoms with E-state index in [2.05, 4.69) is 15.0 Å². The summed E-state index contributed by atoms with van der Waals surface area (Å²) in [7, 11) is 0. The van der Waals surface area contributed by atoms with E-state index in [0.29, 0.717) is 48.7 Å². The van der Waals surface area contributed by atoms with Crippen molar-refractivity contribution in [1.29, 1.82) is 0 Å². The van der Waals surface area contributed by atoms with Crippen molar-refractivity contribution < 1.29 is 27.4 Å². The first-order chi connectivity index (χ1) is 14.8. The Morgan fingerprint density at radius 2 is 1.90 bits per heavy atom. The largest absolute Gasteiger partial charge is 0.573 e. The molecule has 0 atom stereocenters. The van der Waals surface area contributed by atoms with E-state index >= 15 is 0 Å². The highest BCUT2D eigenvalue weighted by Crippen LogP contribution is 2.31. The van der Waals surface area contributed by atoms with Gasteiger partial charge in [0.25, 0.3) is 5.91 Å². The van der Waals surface area contributed by atoms with Crippen molar-refractivity contribution in [3.63, 3.8) is 0 Å². The van der Waals surface area contributed by atoms with Crippen molar-refractivity contribution in [1.82, 2.24) is 10.2 Å². The second-order valence-electron chi connectivity index (χ2n) is 7.22. The van der Waals surface area contributed by atoms with Crippen LogP contribution >= 0.6 is 0 Å². The smallest absolute Gasteiger partial charge is 0.491 e. The molecule has 0 unspecified atom stereocenters. The lowest BCUT2D eigenvalue weighted by Gasteiger charge is -2.22. The van der Waals surface area contributed by atoms with Gasteiger partial charge in [0.2, 0.25) is 0 Å². The maximum absolute atomic E-state index is 13.2. The molecule has 31 heavy (non-hydrogen) atoms. The number of carbonyl (C=O) groups is 1. The Kier molecular flexibility index (Phi) is 5.58. The SMILES string of the molecule is CC1=NC(CN2CCOc3ccc(-c4ccc(OC(F)(F)F)cc4)cc3C2=O)=CNC1. The second-order valence-corrected chi connectivity index (χ2v) is 7.22. The zero-order valence-electron chi connectivity index (χ0n) is 16.7. The van der Waals surface area contributed by atoms with Gasteiger partial charge in [0.15, 0.2) is 0 Å². The molecule has 4 rings (SSSR count). The average molecular weight is 431 g/mol. The number of halogens is 3. The number of carbonyl (C=O) groups excluding carboxylic acids is 1. The summed E-state index contributed by atoms with van der Waals surface area (Å²) >= 11 is 0. The standard InChI is InChI=1S/C22H20F3N3O3/c1-14-11-26-12-17(27-14)13-28-8-9-30-20-7-4-16(10-19(20)21(28)29)15-2-5-18(6-3-15)31-22(23,24)25/h2-7,10,12,26H,8-9,11,13H2,1H3. The predicted octanol–water partition coefficient (Wildman–Crippen LogP) is 3.99. The highest BCUT2D eigenvalue weighted by Gasteiger charge is 2.31. The number of aliphatic imine (C=N–C) groups is 1. The fraction of sp³-hybridized carbons (Fsp3) is 0.273. The number of amides is 1. The first-order valence-electron chi connectivity index (χ1n) is 9.67. The summed E-state index contributed by atoms with van der Waals surface area (Å²) < 4.78 is 46.8. The van der Waals surface area contributed by atoms with Crippen molar-refractivity contribution in [2.75, 3.05) is 26.2 Å². The van der Waals surface area contributed by atoms with Crippen LogP contribution in [0.25, 0.3) is 11.1 Å². The summed E-state index contributed by atoms with van der Waals surface area (Å²) in [5, 5.41) is 3.13. The van der Waals surface area contributed by atoms with E-state index in [1.165, 1.54) is 24.3 Å². The van der Waals surface area contributed by atoms with Gasteiger partial charge in [-0.25, -0.2) is 0 Å². The van der Waals surface area contributed by atoms with Crippen LogP contribution in [0.5, 0.6) is 11.5 Å². The zero-order chi connectivity index (χ0) is 22.0. The van der Waals surface area contributed by atoms with Crippen LogP contribution in [0.2, 0.25) is 0 Å². The minimum atomic E-state index is -4.75. The molecule has 0 bridgehead atoms.